The molecule has 0 saturated heterocycles. The van der Waals surface area contributed by atoms with Crippen LogP contribution in [0.15, 0.2) is 15.3 Å². The topological polar surface area (TPSA) is 76.7 Å². The van der Waals surface area contributed by atoms with Crippen molar-refractivity contribution in [1.29, 1.82) is 0 Å². The number of aryl methyl sites for hydroxylation is 1. The molecule has 1 N–H and O–H groups in total. The zero-order chi connectivity index (χ0) is 12.8. The Morgan fingerprint density at radius 3 is 2.76 bits per heavy atom. The molecular weight excluding hydrogens is 224 g/mol. The van der Waals surface area contributed by atoms with Crippen molar-refractivity contribution in [3.05, 3.63) is 27.8 Å². The third-order valence-corrected chi connectivity index (χ3v) is 2.42. The fourth-order valence-electron chi connectivity index (χ4n) is 1.59. The first-order valence-electron chi connectivity index (χ1n) is 5.38. The molecule has 1 rings (SSSR count). The van der Waals surface area contributed by atoms with Crippen molar-refractivity contribution in [2.24, 2.45) is 0 Å². The van der Waals surface area contributed by atoms with Gasteiger partial charge in [-0.1, -0.05) is 0 Å². The largest absolute Gasteiger partial charge is 0.496 e. The van der Waals surface area contributed by atoms with Crippen molar-refractivity contribution in [2.75, 3.05) is 7.11 Å². The Balaban J connectivity index is 2.92. The van der Waals surface area contributed by atoms with Crippen LogP contribution < -0.4 is 10.4 Å². The second-order valence-electron chi connectivity index (χ2n) is 3.75. The molecule has 5 heteroatoms. The van der Waals surface area contributed by atoms with E-state index >= 15 is 0 Å². The average Bonchev–Trinajstić information content (AvgIpc) is 2.27. The zero-order valence-electron chi connectivity index (χ0n) is 9.99. The Morgan fingerprint density at radius 1 is 1.53 bits per heavy atom. The average molecular weight is 240 g/mol. The first kappa shape index (κ1) is 13.4. The highest BCUT2D eigenvalue weighted by atomic mass is 16.5. The summed E-state index contributed by atoms with van der Waals surface area (Å²) in [7, 11) is 1.42. The summed E-state index contributed by atoms with van der Waals surface area (Å²) in [5.74, 6) is 0.792. The molecule has 1 aromatic heterocycles. The Bertz CT molecular complexity index is 447. The van der Waals surface area contributed by atoms with Crippen LogP contribution in [0.25, 0.3) is 0 Å². The molecule has 0 fully saturated rings. The second kappa shape index (κ2) is 6.20. The standard InChI is InChI=1S/C12H16O5/c1-8(14)4-3-5-10-9(7-13)11(16-2)6-12(15)17-10/h6,13H,3-5,7H2,1-2H3. The van der Waals surface area contributed by atoms with Gasteiger partial charge in [0.1, 0.15) is 17.3 Å². The Kier molecular flexibility index (Phi) is 4.90. The fraction of sp³-hybridized carbons (Fsp3) is 0.500. The molecule has 0 bridgehead atoms. The van der Waals surface area contributed by atoms with E-state index < -0.39 is 5.63 Å². The molecule has 0 spiro atoms. The van der Waals surface area contributed by atoms with Crippen LogP contribution in [-0.4, -0.2) is 18.0 Å². The minimum Gasteiger partial charge on any atom is -0.496 e. The highest BCUT2D eigenvalue weighted by Gasteiger charge is 2.12. The van der Waals surface area contributed by atoms with Crippen LogP contribution in [0.1, 0.15) is 31.1 Å². The van der Waals surface area contributed by atoms with Gasteiger partial charge in [0, 0.05) is 12.8 Å². The normalized spacial score (nSPS) is 10.3. The van der Waals surface area contributed by atoms with Gasteiger partial charge in [0.15, 0.2) is 0 Å². The van der Waals surface area contributed by atoms with Crippen molar-refractivity contribution in [2.45, 2.75) is 32.8 Å². The van der Waals surface area contributed by atoms with Crippen LogP contribution in [0.5, 0.6) is 5.75 Å². The molecule has 0 aromatic carbocycles. The molecule has 1 heterocycles. The molecule has 0 atom stereocenters. The lowest BCUT2D eigenvalue weighted by atomic mass is 10.1. The van der Waals surface area contributed by atoms with Gasteiger partial charge in [0.05, 0.1) is 25.3 Å². The first-order chi connectivity index (χ1) is 8.08. The van der Waals surface area contributed by atoms with E-state index in [0.717, 1.165) is 0 Å². The number of ketones is 1. The molecule has 0 saturated carbocycles. The number of aliphatic hydroxyl groups excluding tert-OH is 1. The van der Waals surface area contributed by atoms with E-state index in [-0.39, 0.29) is 12.4 Å². The lowest BCUT2D eigenvalue weighted by molar-refractivity contribution is -0.117. The van der Waals surface area contributed by atoms with Crippen LogP contribution in [0.2, 0.25) is 0 Å². The third kappa shape index (κ3) is 3.71. The molecule has 0 aliphatic carbocycles. The Hall–Kier alpha value is -1.62. The molecule has 1 aromatic rings. The van der Waals surface area contributed by atoms with Crippen molar-refractivity contribution in [3.8, 4) is 5.75 Å². The van der Waals surface area contributed by atoms with E-state index in [1.54, 1.807) is 0 Å². The number of rotatable bonds is 6. The summed E-state index contributed by atoms with van der Waals surface area (Å²) in [6, 6.07) is 1.19. The van der Waals surface area contributed by atoms with Gasteiger partial charge >= 0.3 is 5.63 Å². The van der Waals surface area contributed by atoms with Gasteiger partial charge in [-0.25, -0.2) is 4.79 Å². The van der Waals surface area contributed by atoms with Gasteiger partial charge in [0.2, 0.25) is 0 Å². The molecule has 0 radical (unpaired) electrons. The molecule has 0 aliphatic rings. The maximum Gasteiger partial charge on any atom is 0.339 e. The van der Waals surface area contributed by atoms with Crippen LogP contribution in [-0.2, 0) is 17.8 Å². The predicted molar refractivity (Wildman–Crippen MR) is 61.1 cm³/mol. The molecular formula is C12H16O5. The second-order valence-corrected chi connectivity index (χ2v) is 3.75. The summed E-state index contributed by atoms with van der Waals surface area (Å²) in [5, 5.41) is 9.22. The van der Waals surface area contributed by atoms with E-state index in [1.807, 2.05) is 0 Å². The summed E-state index contributed by atoms with van der Waals surface area (Å²) in [6.45, 7) is 1.25. The number of methoxy groups -OCH3 is 1. The molecule has 17 heavy (non-hydrogen) atoms. The lowest BCUT2D eigenvalue weighted by Crippen LogP contribution is -2.07. The van der Waals surface area contributed by atoms with Gasteiger partial charge in [0.25, 0.3) is 0 Å². The zero-order valence-corrected chi connectivity index (χ0v) is 9.99. The van der Waals surface area contributed by atoms with E-state index in [1.165, 1.54) is 20.1 Å². The smallest absolute Gasteiger partial charge is 0.339 e. The number of hydrogen-bond acceptors (Lipinski definition) is 5. The molecule has 0 aliphatic heterocycles. The van der Waals surface area contributed by atoms with Crippen LogP contribution >= 0.6 is 0 Å². The van der Waals surface area contributed by atoms with E-state index in [4.69, 9.17) is 9.15 Å². The summed E-state index contributed by atoms with van der Waals surface area (Å²) >= 11 is 0. The van der Waals surface area contributed by atoms with Gasteiger partial charge in [-0.2, -0.15) is 0 Å². The highest BCUT2D eigenvalue weighted by molar-refractivity contribution is 5.75. The molecule has 94 valence electrons. The van der Waals surface area contributed by atoms with Crippen LogP contribution in [0.4, 0.5) is 0 Å². The summed E-state index contributed by atoms with van der Waals surface area (Å²) in [5.41, 5.74) is -0.0486. The van der Waals surface area contributed by atoms with Crippen molar-refractivity contribution >= 4 is 5.78 Å². The number of carbonyl (C=O) groups excluding carboxylic acids is 1. The molecule has 0 amide bonds. The van der Waals surface area contributed by atoms with Crippen molar-refractivity contribution in [1.82, 2.24) is 0 Å². The lowest BCUT2D eigenvalue weighted by Gasteiger charge is -2.09. The minimum absolute atomic E-state index is 0.0841. The number of ether oxygens (including phenoxy) is 1. The first-order valence-corrected chi connectivity index (χ1v) is 5.38. The summed E-state index contributed by atoms with van der Waals surface area (Å²) in [6.07, 6.45) is 1.44. The highest BCUT2D eigenvalue weighted by Crippen LogP contribution is 2.21. The monoisotopic (exact) mass is 240 g/mol. The van der Waals surface area contributed by atoms with E-state index in [9.17, 15) is 14.7 Å². The van der Waals surface area contributed by atoms with E-state index in [2.05, 4.69) is 0 Å². The van der Waals surface area contributed by atoms with Gasteiger partial charge in [-0.3, -0.25) is 0 Å². The quantitative estimate of drug-likeness (QED) is 0.804. The fourth-order valence-corrected chi connectivity index (χ4v) is 1.59. The van der Waals surface area contributed by atoms with Crippen LogP contribution in [0.3, 0.4) is 0 Å². The third-order valence-electron chi connectivity index (χ3n) is 2.42. The molecule has 5 nitrogen and oxygen atoms in total. The summed E-state index contributed by atoms with van der Waals surface area (Å²) < 4.78 is 10.0. The van der Waals surface area contributed by atoms with Gasteiger partial charge in [-0.15, -0.1) is 0 Å². The van der Waals surface area contributed by atoms with Gasteiger partial charge in [-0.05, 0) is 13.3 Å². The van der Waals surface area contributed by atoms with Crippen molar-refractivity contribution in [3.63, 3.8) is 0 Å². The van der Waals surface area contributed by atoms with Crippen molar-refractivity contribution < 1.29 is 19.1 Å². The number of carbonyl (C=O) groups is 1. The van der Waals surface area contributed by atoms with Crippen LogP contribution in [0, 0.1) is 0 Å². The SMILES string of the molecule is COc1cc(=O)oc(CCCC(C)=O)c1CO. The Morgan fingerprint density at radius 2 is 2.24 bits per heavy atom. The number of aliphatic hydroxyl groups is 1. The minimum atomic E-state index is -0.517. The molecule has 0 unspecified atom stereocenters. The Labute approximate surface area is 99.0 Å². The summed E-state index contributed by atoms with van der Waals surface area (Å²) in [4.78, 5) is 22.1. The van der Waals surface area contributed by atoms with Gasteiger partial charge < -0.3 is 19.1 Å². The van der Waals surface area contributed by atoms with E-state index in [0.29, 0.717) is 36.3 Å². The number of hydrogen-bond donors (Lipinski definition) is 1. The predicted octanol–water partition coefficient (Wildman–Crippen LogP) is 1.05. The maximum absolute atomic E-state index is 11.2. The number of Topliss-reactive ketones (excluding diaryl/α,β-unsaturated/α-hetero) is 1. The maximum atomic E-state index is 11.2.